The van der Waals surface area contributed by atoms with Gasteiger partial charge < -0.3 is 14.5 Å². The molecule has 0 bridgehead atoms. The number of aromatic amines is 1. The second kappa shape index (κ2) is 7.61. The highest BCUT2D eigenvalue weighted by Gasteiger charge is 2.21. The SMILES string of the molecule is COCCOC(=O)Nc1nc2ccc(C3=NCC(=O)c4ccccc43)cc2[nH]1. The predicted molar refractivity (Wildman–Crippen MR) is 104 cm³/mol. The number of Topliss-reactive ketones (excluding diaryl/α,β-unsaturated/α-hetero) is 1. The maximum Gasteiger partial charge on any atom is 0.414 e. The molecule has 1 aromatic heterocycles. The summed E-state index contributed by atoms with van der Waals surface area (Å²) in [5.41, 5.74) is 4.56. The number of ether oxygens (including phenoxy) is 2. The van der Waals surface area contributed by atoms with E-state index in [-0.39, 0.29) is 24.9 Å². The molecule has 0 saturated heterocycles. The van der Waals surface area contributed by atoms with E-state index < -0.39 is 6.09 Å². The predicted octanol–water partition coefficient (Wildman–Crippen LogP) is 2.79. The number of hydrogen-bond acceptors (Lipinski definition) is 6. The zero-order valence-electron chi connectivity index (χ0n) is 15.2. The molecule has 0 fully saturated rings. The number of H-pyrrole nitrogens is 1. The van der Waals surface area contributed by atoms with Crippen molar-refractivity contribution in [2.24, 2.45) is 4.99 Å². The molecular formula is C20H18N4O4. The van der Waals surface area contributed by atoms with Gasteiger partial charge in [0.25, 0.3) is 0 Å². The lowest BCUT2D eigenvalue weighted by atomic mass is 9.92. The van der Waals surface area contributed by atoms with Crippen LogP contribution in [-0.2, 0) is 9.47 Å². The highest BCUT2D eigenvalue weighted by molar-refractivity contribution is 6.22. The van der Waals surface area contributed by atoms with Crippen LogP contribution >= 0.6 is 0 Å². The Balaban J connectivity index is 1.59. The number of nitrogens with zero attached hydrogens (tertiary/aromatic N) is 2. The minimum absolute atomic E-state index is 0.0143. The van der Waals surface area contributed by atoms with Crippen molar-refractivity contribution >= 4 is 34.6 Å². The van der Waals surface area contributed by atoms with Crippen molar-refractivity contribution in [2.45, 2.75) is 0 Å². The molecule has 0 aliphatic carbocycles. The third-order valence-electron chi connectivity index (χ3n) is 4.36. The smallest absolute Gasteiger partial charge is 0.414 e. The molecule has 0 spiro atoms. The molecule has 2 N–H and O–H groups in total. The lowest BCUT2D eigenvalue weighted by Gasteiger charge is -2.16. The Hall–Kier alpha value is -3.52. The first-order valence-corrected chi connectivity index (χ1v) is 8.75. The number of amides is 1. The van der Waals surface area contributed by atoms with Gasteiger partial charge in [-0.3, -0.25) is 15.1 Å². The quantitative estimate of drug-likeness (QED) is 0.664. The maximum absolute atomic E-state index is 12.1. The number of carbonyl (C=O) groups excluding carboxylic acids is 2. The van der Waals surface area contributed by atoms with Gasteiger partial charge in [0.05, 0.1) is 23.4 Å². The Labute approximate surface area is 160 Å². The van der Waals surface area contributed by atoms with E-state index in [0.717, 1.165) is 22.4 Å². The van der Waals surface area contributed by atoms with Crippen LogP contribution in [0.25, 0.3) is 11.0 Å². The number of fused-ring (bicyclic) bond motifs is 2. The summed E-state index contributed by atoms with van der Waals surface area (Å²) >= 11 is 0. The number of aliphatic imine (C=N–C) groups is 1. The Morgan fingerprint density at radius 1 is 1.18 bits per heavy atom. The van der Waals surface area contributed by atoms with Crippen LogP contribution in [0.1, 0.15) is 21.5 Å². The van der Waals surface area contributed by atoms with E-state index in [0.29, 0.717) is 17.7 Å². The van der Waals surface area contributed by atoms with E-state index >= 15 is 0 Å². The van der Waals surface area contributed by atoms with Gasteiger partial charge in [-0.25, -0.2) is 9.78 Å². The molecule has 1 aliphatic rings. The highest BCUT2D eigenvalue weighted by Crippen LogP contribution is 2.23. The first-order chi connectivity index (χ1) is 13.7. The van der Waals surface area contributed by atoms with Crippen molar-refractivity contribution in [3.8, 4) is 0 Å². The number of ketones is 1. The first-order valence-electron chi connectivity index (χ1n) is 8.75. The second-order valence-electron chi connectivity index (χ2n) is 6.20. The number of hydrogen-bond donors (Lipinski definition) is 2. The summed E-state index contributed by atoms with van der Waals surface area (Å²) in [6, 6.07) is 13.1. The topological polar surface area (TPSA) is 106 Å². The standard InChI is InChI=1S/C20H18N4O4/c1-27-8-9-28-20(26)24-19-22-15-7-6-12(10-16(15)23-19)18-14-5-3-2-4-13(14)17(25)11-21-18/h2-7,10H,8-9,11H2,1H3,(H2,22,23,24,26). The lowest BCUT2D eigenvalue weighted by Crippen LogP contribution is -2.19. The molecule has 3 aromatic rings. The third-order valence-corrected chi connectivity index (χ3v) is 4.36. The van der Waals surface area contributed by atoms with Gasteiger partial charge in [0.15, 0.2) is 5.78 Å². The van der Waals surface area contributed by atoms with E-state index in [1.807, 2.05) is 42.5 Å². The molecule has 1 aliphatic heterocycles. The summed E-state index contributed by atoms with van der Waals surface area (Å²) in [6.45, 7) is 0.612. The molecule has 0 unspecified atom stereocenters. The van der Waals surface area contributed by atoms with Crippen molar-refractivity contribution in [3.05, 3.63) is 59.2 Å². The van der Waals surface area contributed by atoms with Gasteiger partial charge in [0.2, 0.25) is 5.95 Å². The van der Waals surface area contributed by atoms with Gasteiger partial charge in [0.1, 0.15) is 13.2 Å². The minimum atomic E-state index is -0.611. The summed E-state index contributed by atoms with van der Waals surface area (Å²) in [5.74, 6) is 0.302. The van der Waals surface area contributed by atoms with Gasteiger partial charge in [-0.1, -0.05) is 30.3 Å². The normalized spacial score (nSPS) is 13.2. The number of methoxy groups -OCH3 is 1. The van der Waals surface area contributed by atoms with Crippen molar-refractivity contribution in [1.29, 1.82) is 0 Å². The Morgan fingerprint density at radius 3 is 2.82 bits per heavy atom. The molecule has 8 heteroatoms. The van der Waals surface area contributed by atoms with E-state index in [1.54, 1.807) is 0 Å². The Kier molecular flexibility index (Phi) is 4.86. The number of aromatic nitrogens is 2. The van der Waals surface area contributed by atoms with Crippen molar-refractivity contribution in [2.75, 3.05) is 32.2 Å². The fourth-order valence-corrected chi connectivity index (χ4v) is 3.07. The van der Waals surface area contributed by atoms with E-state index in [2.05, 4.69) is 20.3 Å². The van der Waals surface area contributed by atoms with E-state index in [4.69, 9.17) is 9.47 Å². The number of benzene rings is 2. The molecule has 0 atom stereocenters. The molecule has 2 heterocycles. The van der Waals surface area contributed by atoms with Gasteiger partial charge in [0, 0.05) is 23.8 Å². The molecule has 8 nitrogen and oxygen atoms in total. The average Bonchev–Trinajstić information content (AvgIpc) is 3.10. The zero-order chi connectivity index (χ0) is 19.5. The average molecular weight is 378 g/mol. The zero-order valence-corrected chi connectivity index (χ0v) is 15.2. The Morgan fingerprint density at radius 2 is 2.00 bits per heavy atom. The largest absolute Gasteiger partial charge is 0.447 e. The fourth-order valence-electron chi connectivity index (χ4n) is 3.07. The van der Waals surface area contributed by atoms with Crippen molar-refractivity contribution in [1.82, 2.24) is 9.97 Å². The summed E-state index contributed by atoms with van der Waals surface area (Å²) < 4.78 is 9.80. The minimum Gasteiger partial charge on any atom is -0.447 e. The fraction of sp³-hybridized carbons (Fsp3) is 0.200. The number of rotatable bonds is 5. The van der Waals surface area contributed by atoms with Crippen LogP contribution in [0.4, 0.5) is 10.7 Å². The monoisotopic (exact) mass is 378 g/mol. The summed E-state index contributed by atoms with van der Waals surface area (Å²) in [5, 5.41) is 2.55. The summed E-state index contributed by atoms with van der Waals surface area (Å²) in [7, 11) is 1.53. The van der Waals surface area contributed by atoms with Crippen LogP contribution in [0, 0.1) is 0 Å². The van der Waals surface area contributed by atoms with Crippen molar-refractivity contribution < 1.29 is 19.1 Å². The molecule has 0 saturated carbocycles. The van der Waals surface area contributed by atoms with Gasteiger partial charge in [-0.05, 0) is 12.1 Å². The van der Waals surface area contributed by atoms with E-state index in [1.165, 1.54) is 7.11 Å². The van der Waals surface area contributed by atoms with Crippen LogP contribution in [0.3, 0.4) is 0 Å². The number of anilines is 1. The van der Waals surface area contributed by atoms with Crippen LogP contribution in [-0.4, -0.2) is 54.4 Å². The molecule has 2 aromatic carbocycles. The molecule has 1 amide bonds. The van der Waals surface area contributed by atoms with Gasteiger partial charge in [-0.15, -0.1) is 0 Å². The van der Waals surface area contributed by atoms with Crippen molar-refractivity contribution in [3.63, 3.8) is 0 Å². The number of nitrogens with one attached hydrogen (secondary N) is 2. The highest BCUT2D eigenvalue weighted by atomic mass is 16.6. The van der Waals surface area contributed by atoms with Gasteiger partial charge >= 0.3 is 6.09 Å². The maximum atomic E-state index is 12.1. The number of imidazole rings is 1. The van der Waals surface area contributed by atoms with Crippen LogP contribution < -0.4 is 5.32 Å². The third kappa shape index (κ3) is 3.49. The van der Waals surface area contributed by atoms with Crippen LogP contribution in [0.15, 0.2) is 47.5 Å². The lowest BCUT2D eigenvalue weighted by molar-refractivity contribution is 0.1000. The molecular weight excluding hydrogens is 360 g/mol. The van der Waals surface area contributed by atoms with E-state index in [9.17, 15) is 9.59 Å². The first kappa shape index (κ1) is 17.9. The molecule has 28 heavy (non-hydrogen) atoms. The van der Waals surface area contributed by atoms with Crippen LogP contribution in [0.5, 0.6) is 0 Å². The Bertz CT molecular complexity index is 1090. The molecule has 142 valence electrons. The number of carbonyl (C=O) groups is 2. The molecule has 0 radical (unpaired) electrons. The summed E-state index contributed by atoms with van der Waals surface area (Å²) in [4.78, 5) is 35.7. The molecule has 4 rings (SSSR count). The second-order valence-corrected chi connectivity index (χ2v) is 6.20. The summed E-state index contributed by atoms with van der Waals surface area (Å²) in [6.07, 6.45) is -0.611. The van der Waals surface area contributed by atoms with Gasteiger partial charge in [-0.2, -0.15) is 0 Å². The van der Waals surface area contributed by atoms with Crippen LogP contribution in [0.2, 0.25) is 0 Å².